The molecule has 1 fully saturated rings. The van der Waals surface area contributed by atoms with E-state index in [2.05, 4.69) is 5.32 Å². The summed E-state index contributed by atoms with van der Waals surface area (Å²) in [5.74, 6) is -0.507. The Bertz CT molecular complexity index is 1170. The van der Waals surface area contributed by atoms with E-state index in [1.807, 2.05) is 5.38 Å². The molecule has 31 heavy (non-hydrogen) atoms. The molecule has 0 aliphatic carbocycles. The third-order valence-corrected chi connectivity index (χ3v) is 7.84. The second-order valence-electron chi connectivity index (χ2n) is 6.99. The predicted octanol–water partition coefficient (Wildman–Crippen LogP) is 3.15. The fourth-order valence-electron chi connectivity index (χ4n) is 3.41. The first-order valence-corrected chi connectivity index (χ1v) is 12.1. The first-order valence-electron chi connectivity index (χ1n) is 9.75. The summed E-state index contributed by atoms with van der Waals surface area (Å²) in [7, 11) is -3.59. The number of anilines is 1. The van der Waals surface area contributed by atoms with E-state index < -0.39 is 10.0 Å². The lowest BCUT2D eigenvalue weighted by Crippen LogP contribution is -2.50. The topological polar surface area (TPSA) is 86.8 Å². The first-order chi connectivity index (χ1) is 15.0. The van der Waals surface area contributed by atoms with Crippen molar-refractivity contribution in [1.82, 2.24) is 9.21 Å². The van der Waals surface area contributed by atoms with Crippen LogP contribution in [-0.4, -0.2) is 55.6 Å². The zero-order chi connectivity index (χ0) is 21.8. The van der Waals surface area contributed by atoms with E-state index in [0.29, 0.717) is 16.1 Å². The Hall–Kier alpha value is -3.01. The quantitative estimate of drug-likeness (QED) is 0.640. The van der Waals surface area contributed by atoms with Crippen LogP contribution in [0.15, 0.2) is 77.0 Å². The van der Waals surface area contributed by atoms with Crippen LogP contribution in [0.5, 0.6) is 0 Å². The highest BCUT2D eigenvalue weighted by Gasteiger charge is 2.31. The molecule has 0 atom stereocenters. The minimum absolute atomic E-state index is 0.215. The molecule has 0 unspecified atom stereocenters. The highest BCUT2D eigenvalue weighted by molar-refractivity contribution is 7.89. The molecule has 7 nitrogen and oxygen atoms in total. The number of benzene rings is 2. The molecular formula is C22H21N3O4S2. The van der Waals surface area contributed by atoms with Crippen molar-refractivity contribution < 1.29 is 18.0 Å². The maximum absolute atomic E-state index is 13.1. The van der Waals surface area contributed by atoms with Crippen molar-refractivity contribution in [2.24, 2.45) is 0 Å². The number of rotatable bonds is 5. The molecule has 3 aromatic rings. The molecule has 1 aliphatic heterocycles. The maximum Gasteiger partial charge on any atom is 0.265 e. The number of hydrogen-bond acceptors (Lipinski definition) is 5. The molecule has 1 aromatic heterocycles. The van der Waals surface area contributed by atoms with Crippen molar-refractivity contribution in [3.05, 3.63) is 82.6 Å². The third-order valence-electron chi connectivity index (χ3n) is 5.06. The van der Waals surface area contributed by atoms with Crippen molar-refractivity contribution >= 4 is 38.9 Å². The molecule has 1 saturated heterocycles. The summed E-state index contributed by atoms with van der Waals surface area (Å²) in [5, 5.41) is 4.62. The van der Waals surface area contributed by atoms with Crippen LogP contribution in [0.4, 0.5) is 5.69 Å². The summed E-state index contributed by atoms with van der Waals surface area (Å²) in [6.45, 7) is 0.982. The van der Waals surface area contributed by atoms with Crippen molar-refractivity contribution in [3.63, 3.8) is 0 Å². The van der Waals surface area contributed by atoms with Gasteiger partial charge in [-0.1, -0.05) is 36.4 Å². The van der Waals surface area contributed by atoms with Gasteiger partial charge in [-0.05, 0) is 35.7 Å². The van der Waals surface area contributed by atoms with Gasteiger partial charge in [-0.3, -0.25) is 9.59 Å². The lowest BCUT2D eigenvalue weighted by atomic mass is 10.1. The highest BCUT2D eigenvalue weighted by Crippen LogP contribution is 2.22. The Morgan fingerprint density at radius 1 is 0.839 bits per heavy atom. The van der Waals surface area contributed by atoms with Crippen molar-refractivity contribution in [3.8, 4) is 0 Å². The van der Waals surface area contributed by atoms with E-state index in [4.69, 9.17) is 0 Å². The van der Waals surface area contributed by atoms with Gasteiger partial charge >= 0.3 is 0 Å². The number of nitrogens with zero attached hydrogens (tertiary/aromatic N) is 2. The van der Waals surface area contributed by atoms with E-state index in [-0.39, 0.29) is 42.9 Å². The molecule has 0 saturated carbocycles. The molecule has 2 heterocycles. The summed E-state index contributed by atoms with van der Waals surface area (Å²) < 4.78 is 27.0. The van der Waals surface area contributed by atoms with Crippen LogP contribution in [0.25, 0.3) is 0 Å². The molecule has 4 rings (SSSR count). The van der Waals surface area contributed by atoms with Gasteiger partial charge in [-0.15, -0.1) is 11.3 Å². The molecule has 0 bridgehead atoms. The van der Waals surface area contributed by atoms with Crippen LogP contribution in [0.1, 0.15) is 20.0 Å². The number of hydrogen-bond donors (Lipinski definition) is 1. The molecule has 0 radical (unpaired) electrons. The molecule has 0 spiro atoms. The molecular weight excluding hydrogens is 434 g/mol. The highest BCUT2D eigenvalue weighted by atomic mass is 32.2. The number of piperazine rings is 1. The number of nitrogens with one attached hydrogen (secondary N) is 1. The average Bonchev–Trinajstić information content (AvgIpc) is 3.35. The number of para-hydroxylation sites is 1. The normalized spacial score (nSPS) is 14.9. The molecule has 2 amide bonds. The molecule has 1 N–H and O–H groups in total. The maximum atomic E-state index is 13.1. The fourth-order valence-corrected chi connectivity index (χ4v) is 5.48. The van der Waals surface area contributed by atoms with Gasteiger partial charge in [-0.25, -0.2) is 8.42 Å². The first kappa shape index (κ1) is 21.2. The lowest BCUT2D eigenvalue weighted by Gasteiger charge is -2.34. The zero-order valence-electron chi connectivity index (χ0n) is 16.6. The third kappa shape index (κ3) is 4.53. The SMILES string of the molecule is O=C(Nc1ccccc1C(=O)N1CCN(S(=O)(=O)c2ccccc2)CC1)c1cccs1. The van der Waals surface area contributed by atoms with Crippen LogP contribution < -0.4 is 5.32 Å². The fraction of sp³-hybridized carbons (Fsp3) is 0.182. The molecule has 9 heteroatoms. The van der Waals surface area contributed by atoms with E-state index in [1.54, 1.807) is 71.6 Å². The summed E-state index contributed by atoms with van der Waals surface area (Å²) in [6, 6.07) is 18.6. The van der Waals surface area contributed by atoms with Gasteiger partial charge in [0.05, 0.1) is 21.0 Å². The summed E-state index contributed by atoms with van der Waals surface area (Å²) >= 11 is 1.32. The number of sulfonamides is 1. The number of amides is 2. The Balaban J connectivity index is 1.45. The van der Waals surface area contributed by atoms with Crippen LogP contribution in [0.2, 0.25) is 0 Å². The van der Waals surface area contributed by atoms with Gasteiger partial charge in [-0.2, -0.15) is 4.31 Å². The van der Waals surface area contributed by atoms with Crippen LogP contribution in [0, 0.1) is 0 Å². The number of thiophene rings is 1. The van der Waals surface area contributed by atoms with Crippen LogP contribution in [0.3, 0.4) is 0 Å². The predicted molar refractivity (Wildman–Crippen MR) is 120 cm³/mol. The second-order valence-corrected chi connectivity index (χ2v) is 9.87. The van der Waals surface area contributed by atoms with Gasteiger partial charge < -0.3 is 10.2 Å². The summed E-state index contributed by atoms with van der Waals surface area (Å²) in [5.41, 5.74) is 0.817. The van der Waals surface area contributed by atoms with Crippen molar-refractivity contribution in [2.45, 2.75) is 4.90 Å². The van der Waals surface area contributed by atoms with E-state index >= 15 is 0 Å². The minimum Gasteiger partial charge on any atom is -0.336 e. The number of carbonyl (C=O) groups excluding carboxylic acids is 2. The Labute approximate surface area is 185 Å². The lowest BCUT2D eigenvalue weighted by molar-refractivity contribution is 0.0699. The molecule has 1 aliphatic rings. The van der Waals surface area contributed by atoms with Gasteiger partial charge in [0.1, 0.15) is 0 Å². The van der Waals surface area contributed by atoms with E-state index in [1.165, 1.54) is 15.6 Å². The Morgan fingerprint density at radius 3 is 2.19 bits per heavy atom. The summed E-state index contributed by atoms with van der Waals surface area (Å²) in [6.07, 6.45) is 0. The van der Waals surface area contributed by atoms with Crippen molar-refractivity contribution in [2.75, 3.05) is 31.5 Å². The van der Waals surface area contributed by atoms with Gasteiger partial charge in [0.2, 0.25) is 10.0 Å². The number of carbonyl (C=O) groups is 2. The van der Waals surface area contributed by atoms with Gasteiger partial charge in [0, 0.05) is 26.2 Å². The van der Waals surface area contributed by atoms with E-state index in [0.717, 1.165) is 0 Å². The van der Waals surface area contributed by atoms with Crippen LogP contribution in [-0.2, 0) is 10.0 Å². The van der Waals surface area contributed by atoms with Crippen LogP contribution >= 0.6 is 11.3 Å². The Kier molecular flexibility index (Phi) is 6.17. The molecule has 160 valence electrons. The second kappa shape index (κ2) is 9.01. The van der Waals surface area contributed by atoms with Gasteiger partial charge in [0.25, 0.3) is 11.8 Å². The minimum atomic E-state index is -3.59. The smallest absolute Gasteiger partial charge is 0.265 e. The molecule has 2 aromatic carbocycles. The average molecular weight is 456 g/mol. The zero-order valence-corrected chi connectivity index (χ0v) is 18.2. The van der Waals surface area contributed by atoms with Crippen molar-refractivity contribution in [1.29, 1.82) is 0 Å². The standard InChI is InChI=1S/C22H21N3O4S2/c26-21(20-11-6-16-30-20)23-19-10-5-4-9-18(19)22(27)24-12-14-25(15-13-24)31(28,29)17-7-2-1-3-8-17/h1-11,16H,12-15H2,(H,23,26). The Morgan fingerprint density at radius 2 is 1.52 bits per heavy atom. The monoisotopic (exact) mass is 455 g/mol. The summed E-state index contributed by atoms with van der Waals surface area (Å²) in [4.78, 5) is 28.0. The van der Waals surface area contributed by atoms with E-state index in [9.17, 15) is 18.0 Å². The van der Waals surface area contributed by atoms with Gasteiger partial charge in [0.15, 0.2) is 0 Å². The largest absolute Gasteiger partial charge is 0.336 e.